The molecule has 0 N–H and O–H groups in total. The molecule has 0 aliphatic rings. The monoisotopic (exact) mass is 342 g/mol. The molecule has 0 aromatic heterocycles. The van der Waals surface area contributed by atoms with Crippen LogP contribution in [-0.4, -0.2) is 5.33 Å². The van der Waals surface area contributed by atoms with E-state index in [-0.39, 0.29) is 0 Å². The normalized spacial score (nSPS) is 12.4. The summed E-state index contributed by atoms with van der Waals surface area (Å²) in [6.07, 6.45) is 0.908. The Balaban J connectivity index is 2.21. The molecule has 0 spiro atoms. The lowest BCUT2D eigenvalue weighted by Gasteiger charge is -2.15. The van der Waals surface area contributed by atoms with Gasteiger partial charge in [-0.2, -0.15) is 0 Å². The molecule has 0 amide bonds. The van der Waals surface area contributed by atoms with Gasteiger partial charge < -0.3 is 0 Å². The second-order valence-electron chi connectivity index (χ2n) is 4.20. The summed E-state index contributed by atoms with van der Waals surface area (Å²) in [6, 6.07) is 16.1. The molecule has 3 heteroatoms. The van der Waals surface area contributed by atoms with Crippen molar-refractivity contribution in [3.05, 3.63) is 69.7 Å². The Bertz CT molecular complexity index is 511. The highest BCUT2D eigenvalue weighted by molar-refractivity contribution is 9.09. The van der Waals surface area contributed by atoms with Crippen molar-refractivity contribution in [3.8, 4) is 0 Å². The molecule has 0 heterocycles. The Morgan fingerprint density at radius 1 is 1.00 bits per heavy atom. The summed E-state index contributed by atoms with van der Waals surface area (Å²) in [5.74, 6) is 0.421. The van der Waals surface area contributed by atoms with E-state index in [2.05, 4.69) is 40.2 Å². The minimum atomic E-state index is 0.421. The third-order valence-electron chi connectivity index (χ3n) is 2.94. The van der Waals surface area contributed by atoms with Crippen LogP contribution in [0.4, 0.5) is 0 Å². The van der Waals surface area contributed by atoms with E-state index in [9.17, 15) is 0 Å². The van der Waals surface area contributed by atoms with Gasteiger partial charge >= 0.3 is 0 Å². The number of benzene rings is 2. The largest absolute Gasteiger partial charge is 0.0921 e. The molecule has 1 unspecified atom stereocenters. The van der Waals surface area contributed by atoms with Gasteiger partial charge in [0.2, 0.25) is 0 Å². The van der Waals surface area contributed by atoms with Crippen LogP contribution in [-0.2, 0) is 6.42 Å². The number of hydrogen-bond donors (Lipinski definition) is 0. The fourth-order valence-electron chi connectivity index (χ4n) is 1.94. The first-order valence-electron chi connectivity index (χ1n) is 5.75. The van der Waals surface area contributed by atoms with Gasteiger partial charge in [-0.05, 0) is 35.6 Å². The molecule has 0 aliphatic carbocycles. The van der Waals surface area contributed by atoms with Crippen LogP contribution in [0.25, 0.3) is 0 Å². The SMILES string of the molecule is Clc1ccc(CC(CBr)c2ccccc2)c(Cl)c1. The third kappa shape index (κ3) is 3.50. The molecular formula is C15H13BrCl2. The van der Waals surface area contributed by atoms with Crippen molar-refractivity contribution in [1.29, 1.82) is 0 Å². The Kier molecular flexibility index (Phi) is 5.11. The van der Waals surface area contributed by atoms with Gasteiger partial charge in [0.15, 0.2) is 0 Å². The average Bonchev–Trinajstić information content (AvgIpc) is 2.39. The quantitative estimate of drug-likeness (QED) is 0.623. The molecule has 0 radical (unpaired) electrons. The maximum atomic E-state index is 6.22. The minimum absolute atomic E-state index is 0.421. The molecule has 0 saturated heterocycles. The smallest absolute Gasteiger partial charge is 0.0453 e. The van der Waals surface area contributed by atoms with Crippen molar-refractivity contribution in [2.75, 3.05) is 5.33 Å². The van der Waals surface area contributed by atoms with Gasteiger partial charge in [0.25, 0.3) is 0 Å². The highest BCUT2D eigenvalue weighted by Crippen LogP contribution is 2.28. The Morgan fingerprint density at radius 3 is 2.33 bits per heavy atom. The van der Waals surface area contributed by atoms with E-state index in [1.54, 1.807) is 6.07 Å². The molecule has 2 aromatic rings. The first-order chi connectivity index (χ1) is 8.70. The Hall–Kier alpha value is -0.500. The van der Waals surface area contributed by atoms with Crippen molar-refractivity contribution < 1.29 is 0 Å². The molecule has 1 atom stereocenters. The molecule has 0 bridgehead atoms. The Labute approximate surface area is 126 Å². The van der Waals surface area contributed by atoms with E-state index in [1.165, 1.54) is 5.56 Å². The predicted octanol–water partition coefficient (Wildman–Crippen LogP) is 5.71. The van der Waals surface area contributed by atoms with Crippen molar-refractivity contribution >= 4 is 39.1 Å². The van der Waals surface area contributed by atoms with Crippen molar-refractivity contribution in [1.82, 2.24) is 0 Å². The number of rotatable bonds is 4. The fourth-order valence-corrected chi connectivity index (χ4v) is 3.03. The van der Waals surface area contributed by atoms with Gasteiger partial charge in [-0.25, -0.2) is 0 Å². The lowest BCUT2D eigenvalue weighted by Crippen LogP contribution is -2.04. The molecule has 0 fully saturated rings. The van der Waals surface area contributed by atoms with Crippen molar-refractivity contribution in [2.24, 2.45) is 0 Å². The van der Waals surface area contributed by atoms with Crippen LogP contribution in [0.3, 0.4) is 0 Å². The lowest BCUT2D eigenvalue weighted by atomic mass is 9.94. The van der Waals surface area contributed by atoms with Gasteiger partial charge in [-0.15, -0.1) is 0 Å². The second-order valence-corrected chi connectivity index (χ2v) is 5.69. The van der Waals surface area contributed by atoms with Crippen LogP contribution in [0.15, 0.2) is 48.5 Å². The van der Waals surface area contributed by atoms with Gasteiger partial charge in [0, 0.05) is 15.4 Å². The summed E-state index contributed by atoms with van der Waals surface area (Å²) in [6.45, 7) is 0. The van der Waals surface area contributed by atoms with Crippen molar-refractivity contribution in [2.45, 2.75) is 12.3 Å². The van der Waals surface area contributed by atoms with E-state index < -0.39 is 0 Å². The maximum absolute atomic E-state index is 6.22. The first kappa shape index (κ1) is 13.9. The lowest BCUT2D eigenvalue weighted by molar-refractivity contribution is 0.776. The summed E-state index contributed by atoms with van der Waals surface area (Å²) in [4.78, 5) is 0. The van der Waals surface area contributed by atoms with Crippen LogP contribution in [0.5, 0.6) is 0 Å². The van der Waals surface area contributed by atoms with E-state index in [0.717, 1.165) is 22.3 Å². The maximum Gasteiger partial charge on any atom is 0.0453 e. The summed E-state index contributed by atoms with van der Waals surface area (Å²) >= 11 is 15.7. The zero-order chi connectivity index (χ0) is 13.0. The van der Waals surface area contributed by atoms with E-state index >= 15 is 0 Å². The number of halogens is 3. The van der Waals surface area contributed by atoms with Crippen LogP contribution in [0.2, 0.25) is 10.0 Å². The predicted molar refractivity (Wildman–Crippen MR) is 83.1 cm³/mol. The van der Waals surface area contributed by atoms with Crippen LogP contribution < -0.4 is 0 Å². The fraction of sp³-hybridized carbons (Fsp3) is 0.200. The van der Waals surface area contributed by atoms with Gasteiger partial charge in [-0.3, -0.25) is 0 Å². The zero-order valence-electron chi connectivity index (χ0n) is 9.74. The van der Waals surface area contributed by atoms with E-state index in [1.807, 2.05) is 18.2 Å². The molecule has 0 nitrogen and oxygen atoms in total. The third-order valence-corrected chi connectivity index (χ3v) is 4.31. The molecule has 2 rings (SSSR count). The first-order valence-corrected chi connectivity index (χ1v) is 7.63. The second kappa shape index (κ2) is 6.60. The summed E-state index contributed by atoms with van der Waals surface area (Å²) in [5.41, 5.74) is 2.45. The van der Waals surface area contributed by atoms with Crippen molar-refractivity contribution in [3.63, 3.8) is 0 Å². The number of hydrogen-bond acceptors (Lipinski definition) is 0. The summed E-state index contributed by atoms with van der Waals surface area (Å²) in [5, 5.41) is 2.33. The van der Waals surface area contributed by atoms with Crippen LogP contribution in [0, 0.1) is 0 Å². The molecule has 0 saturated carbocycles. The highest BCUT2D eigenvalue weighted by Gasteiger charge is 2.12. The summed E-state index contributed by atoms with van der Waals surface area (Å²) in [7, 11) is 0. The van der Waals surface area contributed by atoms with Gasteiger partial charge in [-0.1, -0.05) is 75.5 Å². The summed E-state index contributed by atoms with van der Waals surface area (Å²) < 4.78 is 0. The molecule has 0 aliphatic heterocycles. The standard InChI is InChI=1S/C15H13BrCl2/c16-10-13(11-4-2-1-3-5-11)8-12-6-7-14(17)9-15(12)18/h1-7,9,13H,8,10H2. The Morgan fingerprint density at radius 2 is 1.72 bits per heavy atom. The van der Waals surface area contributed by atoms with E-state index in [4.69, 9.17) is 23.2 Å². The molecule has 18 heavy (non-hydrogen) atoms. The zero-order valence-corrected chi connectivity index (χ0v) is 12.8. The number of alkyl halides is 1. The van der Waals surface area contributed by atoms with Gasteiger partial charge in [0.1, 0.15) is 0 Å². The molecule has 2 aromatic carbocycles. The van der Waals surface area contributed by atoms with Gasteiger partial charge in [0.05, 0.1) is 0 Å². The average molecular weight is 344 g/mol. The molecule has 94 valence electrons. The molecular weight excluding hydrogens is 331 g/mol. The minimum Gasteiger partial charge on any atom is -0.0921 e. The van der Waals surface area contributed by atoms with Crippen LogP contribution in [0.1, 0.15) is 17.0 Å². The highest BCUT2D eigenvalue weighted by atomic mass is 79.9. The van der Waals surface area contributed by atoms with E-state index in [0.29, 0.717) is 10.9 Å². The van der Waals surface area contributed by atoms with Crippen LogP contribution >= 0.6 is 39.1 Å². The topological polar surface area (TPSA) is 0 Å².